The van der Waals surface area contributed by atoms with Gasteiger partial charge in [0.1, 0.15) is 0 Å². The number of aromatic nitrogens is 1. The van der Waals surface area contributed by atoms with Gasteiger partial charge in [-0.1, -0.05) is 12.1 Å². The van der Waals surface area contributed by atoms with Gasteiger partial charge >= 0.3 is 0 Å². The molecule has 0 aliphatic heterocycles. The highest BCUT2D eigenvalue weighted by Gasteiger charge is 1.94. The number of benzene rings is 1. The van der Waals surface area contributed by atoms with E-state index in [2.05, 4.69) is 10.3 Å². The molecule has 0 amide bonds. The van der Waals surface area contributed by atoms with Crippen molar-refractivity contribution in [3.8, 4) is 0 Å². The highest BCUT2D eigenvalue weighted by atomic mass is 14.9. The van der Waals surface area contributed by atoms with Crippen molar-refractivity contribution < 1.29 is 0 Å². The van der Waals surface area contributed by atoms with E-state index in [1.165, 1.54) is 5.56 Å². The SMILES string of the molecule is Cc1cc(NCc2ccc(N)cc2)ccn1. The molecule has 16 heavy (non-hydrogen) atoms. The van der Waals surface area contributed by atoms with E-state index >= 15 is 0 Å². The largest absolute Gasteiger partial charge is 0.399 e. The van der Waals surface area contributed by atoms with Gasteiger partial charge in [0.05, 0.1) is 0 Å². The third kappa shape index (κ3) is 2.73. The summed E-state index contributed by atoms with van der Waals surface area (Å²) in [6.45, 7) is 2.78. The van der Waals surface area contributed by atoms with Crippen molar-refractivity contribution in [3.63, 3.8) is 0 Å². The van der Waals surface area contributed by atoms with Crippen LogP contribution in [-0.4, -0.2) is 4.98 Å². The molecule has 0 radical (unpaired) electrons. The minimum atomic E-state index is 0.795. The Morgan fingerprint density at radius 3 is 2.62 bits per heavy atom. The summed E-state index contributed by atoms with van der Waals surface area (Å²) >= 11 is 0. The first-order valence-corrected chi connectivity index (χ1v) is 5.25. The maximum Gasteiger partial charge on any atom is 0.0400 e. The van der Waals surface area contributed by atoms with Gasteiger partial charge in [0, 0.05) is 29.8 Å². The van der Waals surface area contributed by atoms with Crippen LogP contribution < -0.4 is 11.1 Å². The fraction of sp³-hybridized carbons (Fsp3) is 0.154. The summed E-state index contributed by atoms with van der Waals surface area (Å²) in [6, 6.07) is 11.9. The molecule has 0 bridgehead atoms. The maximum atomic E-state index is 5.63. The topological polar surface area (TPSA) is 50.9 Å². The smallest absolute Gasteiger partial charge is 0.0400 e. The fourth-order valence-corrected chi connectivity index (χ4v) is 1.50. The summed E-state index contributed by atoms with van der Waals surface area (Å²) in [7, 11) is 0. The van der Waals surface area contributed by atoms with Crippen molar-refractivity contribution in [1.29, 1.82) is 0 Å². The van der Waals surface area contributed by atoms with E-state index in [4.69, 9.17) is 5.73 Å². The Kier molecular flexibility index (Phi) is 3.05. The van der Waals surface area contributed by atoms with Crippen molar-refractivity contribution in [1.82, 2.24) is 4.98 Å². The van der Waals surface area contributed by atoms with Crippen molar-refractivity contribution in [3.05, 3.63) is 53.9 Å². The van der Waals surface area contributed by atoms with Crippen LogP contribution in [0.4, 0.5) is 11.4 Å². The molecule has 1 aromatic carbocycles. The van der Waals surface area contributed by atoms with Gasteiger partial charge in [0.25, 0.3) is 0 Å². The lowest BCUT2D eigenvalue weighted by Gasteiger charge is -2.07. The van der Waals surface area contributed by atoms with Crippen LogP contribution in [0.15, 0.2) is 42.6 Å². The van der Waals surface area contributed by atoms with Crippen molar-refractivity contribution >= 4 is 11.4 Å². The summed E-state index contributed by atoms with van der Waals surface area (Å²) < 4.78 is 0. The van der Waals surface area contributed by atoms with Crippen molar-refractivity contribution in [2.45, 2.75) is 13.5 Å². The van der Waals surface area contributed by atoms with Crippen LogP contribution in [0, 0.1) is 6.92 Å². The van der Waals surface area contributed by atoms with Crippen LogP contribution in [-0.2, 0) is 6.54 Å². The molecule has 0 saturated heterocycles. The minimum Gasteiger partial charge on any atom is -0.399 e. The van der Waals surface area contributed by atoms with Crippen LogP contribution in [0.5, 0.6) is 0 Å². The number of pyridine rings is 1. The molecule has 0 aliphatic carbocycles. The van der Waals surface area contributed by atoms with Crippen molar-refractivity contribution in [2.24, 2.45) is 0 Å². The second kappa shape index (κ2) is 4.66. The van der Waals surface area contributed by atoms with Crippen LogP contribution in [0.1, 0.15) is 11.3 Å². The molecule has 1 aromatic heterocycles. The average Bonchev–Trinajstić information content (AvgIpc) is 2.28. The molecule has 2 aromatic rings. The number of hydrogen-bond acceptors (Lipinski definition) is 3. The van der Waals surface area contributed by atoms with E-state index in [0.29, 0.717) is 0 Å². The number of hydrogen-bond donors (Lipinski definition) is 2. The van der Waals surface area contributed by atoms with E-state index < -0.39 is 0 Å². The first-order chi connectivity index (χ1) is 7.74. The van der Waals surface area contributed by atoms with E-state index in [1.807, 2.05) is 43.3 Å². The highest BCUT2D eigenvalue weighted by Crippen LogP contribution is 2.10. The molecule has 1 heterocycles. The van der Waals surface area contributed by atoms with Gasteiger partial charge in [0.2, 0.25) is 0 Å². The van der Waals surface area contributed by atoms with Gasteiger partial charge in [-0.3, -0.25) is 4.98 Å². The monoisotopic (exact) mass is 213 g/mol. The summed E-state index contributed by atoms with van der Waals surface area (Å²) in [5, 5.41) is 3.34. The number of rotatable bonds is 3. The Balaban J connectivity index is 1.99. The predicted molar refractivity (Wildman–Crippen MR) is 67.2 cm³/mol. The maximum absolute atomic E-state index is 5.63. The predicted octanol–water partition coefficient (Wildman–Crippen LogP) is 2.58. The standard InChI is InChI=1S/C13H15N3/c1-10-8-13(6-7-15-10)16-9-11-2-4-12(14)5-3-11/h2-8H,9,14H2,1H3,(H,15,16). The molecule has 3 nitrogen and oxygen atoms in total. The number of nitrogens with one attached hydrogen (secondary N) is 1. The molecule has 3 N–H and O–H groups in total. The molecule has 0 aliphatic rings. The van der Waals surface area contributed by atoms with E-state index in [0.717, 1.165) is 23.6 Å². The highest BCUT2D eigenvalue weighted by molar-refractivity contribution is 5.45. The molecule has 2 rings (SSSR count). The molecule has 0 spiro atoms. The third-order valence-corrected chi connectivity index (χ3v) is 2.37. The normalized spacial score (nSPS) is 10.1. The second-order valence-corrected chi connectivity index (χ2v) is 3.78. The van der Waals surface area contributed by atoms with E-state index in [1.54, 1.807) is 6.20 Å². The van der Waals surface area contributed by atoms with Crippen LogP contribution in [0.3, 0.4) is 0 Å². The molecule has 0 saturated carbocycles. The molecule has 0 fully saturated rings. The zero-order valence-corrected chi connectivity index (χ0v) is 9.27. The van der Waals surface area contributed by atoms with Gasteiger partial charge < -0.3 is 11.1 Å². The third-order valence-electron chi connectivity index (χ3n) is 2.37. The molecule has 0 atom stereocenters. The fourth-order valence-electron chi connectivity index (χ4n) is 1.50. The van der Waals surface area contributed by atoms with Gasteiger partial charge in [-0.25, -0.2) is 0 Å². The number of nitrogens with zero attached hydrogens (tertiary/aromatic N) is 1. The number of nitrogens with two attached hydrogens (primary N) is 1. The Bertz CT molecular complexity index is 463. The molecule has 3 heteroatoms. The van der Waals surface area contributed by atoms with Gasteiger partial charge in [0.15, 0.2) is 0 Å². The van der Waals surface area contributed by atoms with E-state index in [-0.39, 0.29) is 0 Å². The number of aryl methyl sites for hydroxylation is 1. The zero-order chi connectivity index (χ0) is 11.4. The lowest BCUT2D eigenvalue weighted by Crippen LogP contribution is -2.00. The van der Waals surface area contributed by atoms with Crippen LogP contribution in [0.25, 0.3) is 0 Å². The summed E-state index contributed by atoms with van der Waals surface area (Å²) in [6.07, 6.45) is 1.81. The first-order valence-electron chi connectivity index (χ1n) is 5.25. The van der Waals surface area contributed by atoms with Crippen molar-refractivity contribution in [2.75, 3.05) is 11.1 Å². The lowest BCUT2D eigenvalue weighted by molar-refractivity contribution is 1.13. The Labute approximate surface area is 95.3 Å². The minimum absolute atomic E-state index is 0.795. The quantitative estimate of drug-likeness (QED) is 0.770. The number of anilines is 2. The van der Waals surface area contributed by atoms with Crippen LogP contribution >= 0.6 is 0 Å². The average molecular weight is 213 g/mol. The zero-order valence-electron chi connectivity index (χ0n) is 9.27. The van der Waals surface area contributed by atoms with Crippen LogP contribution in [0.2, 0.25) is 0 Å². The summed E-state index contributed by atoms with van der Waals surface area (Å²) in [5.41, 5.74) is 9.74. The Hall–Kier alpha value is -2.03. The molecular formula is C13H15N3. The number of nitrogen functional groups attached to an aromatic ring is 1. The van der Waals surface area contributed by atoms with Gasteiger partial charge in [-0.05, 0) is 36.8 Å². The summed E-state index contributed by atoms with van der Waals surface area (Å²) in [4.78, 5) is 4.15. The Morgan fingerprint density at radius 2 is 1.94 bits per heavy atom. The van der Waals surface area contributed by atoms with E-state index in [9.17, 15) is 0 Å². The summed E-state index contributed by atoms with van der Waals surface area (Å²) in [5.74, 6) is 0. The van der Waals surface area contributed by atoms with Gasteiger partial charge in [-0.15, -0.1) is 0 Å². The molecule has 82 valence electrons. The molecule has 0 unspecified atom stereocenters. The lowest BCUT2D eigenvalue weighted by atomic mass is 10.2. The Morgan fingerprint density at radius 1 is 1.19 bits per heavy atom. The molecular weight excluding hydrogens is 198 g/mol. The second-order valence-electron chi connectivity index (χ2n) is 3.78. The van der Waals surface area contributed by atoms with Gasteiger partial charge in [-0.2, -0.15) is 0 Å². The first kappa shape index (κ1) is 10.5.